The zero-order chi connectivity index (χ0) is 14.0. The van der Waals surface area contributed by atoms with Crippen LogP contribution in [-0.4, -0.2) is 30.2 Å². The predicted octanol–water partition coefficient (Wildman–Crippen LogP) is 3.06. The number of halogens is 3. The standard InChI is InChI=1S/C12H13ClF2N2O2/c1-18-9-3-7-8(4-10(9)19-2)17(6-11(14)15)12(5-13)16-7/h3-4,11H,5-6H2,1-2H3. The molecule has 7 heteroatoms. The number of fused-ring (bicyclic) bond motifs is 1. The van der Waals surface area contributed by atoms with Gasteiger partial charge in [-0.1, -0.05) is 0 Å². The molecule has 0 bridgehead atoms. The van der Waals surface area contributed by atoms with E-state index < -0.39 is 13.0 Å². The van der Waals surface area contributed by atoms with E-state index in [2.05, 4.69) is 4.98 Å². The summed E-state index contributed by atoms with van der Waals surface area (Å²) >= 11 is 5.74. The SMILES string of the molecule is COc1cc2nc(CCl)n(CC(F)F)c2cc1OC. The molecule has 0 fully saturated rings. The molecule has 104 valence electrons. The maximum absolute atomic E-state index is 12.6. The molecule has 0 saturated heterocycles. The predicted molar refractivity (Wildman–Crippen MR) is 68.4 cm³/mol. The molecule has 0 radical (unpaired) electrons. The van der Waals surface area contributed by atoms with Crippen molar-refractivity contribution >= 4 is 22.6 Å². The van der Waals surface area contributed by atoms with Gasteiger partial charge in [0.05, 0.1) is 37.7 Å². The number of imidazole rings is 1. The Morgan fingerprint density at radius 3 is 2.42 bits per heavy atom. The Kier molecular flexibility index (Phi) is 4.09. The summed E-state index contributed by atoms with van der Waals surface area (Å²) in [5, 5.41) is 0. The molecule has 1 aromatic heterocycles. The Bertz CT molecular complexity index is 587. The minimum absolute atomic E-state index is 0.0615. The van der Waals surface area contributed by atoms with Gasteiger partial charge in [0.15, 0.2) is 11.5 Å². The highest BCUT2D eigenvalue weighted by Gasteiger charge is 2.17. The third-order valence-electron chi connectivity index (χ3n) is 2.77. The summed E-state index contributed by atoms with van der Waals surface area (Å²) in [4.78, 5) is 4.23. The Hall–Kier alpha value is -1.56. The van der Waals surface area contributed by atoms with Gasteiger partial charge in [-0.2, -0.15) is 0 Å². The van der Waals surface area contributed by atoms with Crippen LogP contribution < -0.4 is 9.47 Å². The van der Waals surface area contributed by atoms with Gasteiger partial charge in [0.25, 0.3) is 6.43 Å². The van der Waals surface area contributed by atoms with Crippen LogP contribution in [-0.2, 0) is 12.4 Å². The smallest absolute Gasteiger partial charge is 0.256 e. The molecule has 0 saturated carbocycles. The van der Waals surface area contributed by atoms with Crippen LogP contribution >= 0.6 is 11.6 Å². The highest BCUT2D eigenvalue weighted by Crippen LogP contribution is 2.32. The molecule has 19 heavy (non-hydrogen) atoms. The maximum atomic E-state index is 12.6. The van der Waals surface area contributed by atoms with Crippen molar-refractivity contribution in [3.63, 3.8) is 0 Å². The Balaban J connectivity index is 2.64. The van der Waals surface area contributed by atoms with Gasteiger partial charge < -0.3 is 14.0 Å². The highest BCUT2D eigenvalue weighted by atomic mass is 35.5. The van der Waals surface area contributed by atoms with Crippen LogP contribution in [0.25, 0.3) is 11.0 Å². The second-order valence-electron chi connectivity index (χ2n) is 3.86. The molecule has 0 amide bonds. The van der Waals surface area contributed by atoms with E-state index in [9.17, 15) is 8.78 Å². The van der Waals surface area contributed by atoms with E-state index in [0.717, 1.165) is 0 Å². The van der Waals surface area contributed by atoms with Gasteiger partial charge in [0.2, 0.25) is 0 Å². The molecule has 1 aromatic carbocycles. The summed E-state index contributed by atoms with van der Waals surface area (Å²) in [6.45, 7) is -0.450. The summed E-state index contributed by atoms with van der Waals surface area (Å²) < 4.78 is 37.0. The molecular weight excluding hydrogens is 278 g/mol. The number of nitrogens with zero attached hydrogens (tertiary/aromatic N) is 2. The summed E-state index contributed by atoms with van der Waals surface area (Å²) in [6, 6.07) is 3.27. The van der Waals surface area contributed by atoms with Gasteiger partial charge in [-0.05, 0) is 0 Å². The number of hydrogen-bond donors (Lipinski definition) is 0. The average molecular weight is 291 g/mol. The van der Waals surface area contributed by atoms with Crippen molar-refractivity contribution in [3.05, 3.63) is 18.0 Å². The molecule has 0 aliphatic carbocycles. The average Bonchev–Trinajstić information content (AvgIpc) is 2.73. The third kappa shape index (κ3) is 2.58. The fourth-order valence-corrected chi connectivity index (χ4v) is 2.15. The van der Waals surface area contributed by atoms with Crippen molar-refractivity contribution in [1.29, 1.82) is 0 Å². The van der Waals surface area contributed by atoms with Crippen molar-refractivity contribution < 1.29 is 18.3 Å². The first kappa shape index (κ1) is 13.9. The molecule has 1 heterocycles. The van der Waals surface area contributed by atoms with Crippen LogP contribution in [0.5, 0.6) is 11.5 Å². The molecule has 0 spiro atoms. The van der Waals surface area contributed by atoms with E-state index in [-0.39, 0.29) is 5.88 Å². The molecule has 0 unspecified atom stereocenters. The fraction of sp³-hybridized carbons (Fsp3) is 0.417. The summed E-state index contributed by atoms with van der Waals surface area (Å²) in [7, 11) is 2.99. The number of benzene rings is 1. The van der Waals surface area contributed by atoms with Gasteiger partial charge in [0, 0.05) is 12.1 Å². The molecule has 2 rings (SSSR count). The van der Waals surface area contributed by atoms with Crippen LogP contribution in [0.1, 0.15) is 5.82 Å². The van der Waals surface area contributed by atoms with Gasteiger partial charge >= 0.3 is 0 Å². The lowest BCUT2D eigenvalue weighted by molar-refractivity contribution is 0.127. The number of hydrogen-bond acceptors (Lipinski definition) is 3. The third-order valence-corrected chi connectivity index (χ3v) is 3.01. The number of rotatable bonds is 5. The summed E-state index contributed by atoms with van der Waals surface area (Å²) in [6.07, 6.45) is -2.48. The lowest BCUT2D eigenvalue weighted by atomic mass is 10.2. The van der Waals surface area contributed by atoms with Gasteiger partial charge in [-0.25, -0.2) is 13.8 Å². The van der Waals surface area contributed by atoms with Gasteiger partial charge in [0.1, 0.15) is 5.82 Å². The molecule has 0 atom stereocenters. The van der Waals surface area contributed by atoms with Crippen molar-refractivity contribution in [3.8, 4) is 11.5 Å². The molecule has 4 nitrogen and oxygen atoms in total. The van der Waals surface area contributed by atoms with Crippen molar-refractivity contribution in [2.45, 2.75) is 18.9 Å². The summed E-state index contributed by atoms with van der Waals surface area (Å²) in [5.41, 5.74) is 1.10. The van der Waals surface area contributed by atoms with Crippen molar-refractivity contribution in [1.82, 2.24) is 9.55 Å². The normalized spacial score (nSPS) is 11.3. The molecule has 0 aliphatic heterocycles. The molecule has 0 aliphatic rings. The van der Waals surface area contributed by atoms with Crippen LogP contribution in [0, 0.1) is 0 Å². The first-order chi connectivity index (χ1) is 9.10. The summed E-state index contributed by atoms with van der Waals surface area (Å²) in [5.74, 6) is 1.42. The van der Waals surface area contributed by atoms with E-state index in [1.807, 2.05) is 0 Å². The minimum Gasteiger partial charge on any atom is -0.493 e. The van der Waals surface area contributed by atoms with E-state index in [1.54, 1.807) is 12.1 Å². The van der Waals surface area contributed by atoms with Crippen LogP contribution in [0.15, 0.2) is 12.1 Å². The lowest BCUT2D eigenvalue weighted by Crippen LogP contribution is -2.09. The Morgan fingerprint density at radius 2 is 1.89 bits per heavy atom. The second kappa shape index (κ2) is 5.61. The monoisotopic (exact) mass is 290 g/mol. The van der Waals surface area contributed by atoms with Crippen molar-refractivity contribution in [2.75, 3.05) is 14.2 Å². The highest BCUT2D eigenvalue weighted by molar-refractivity contribution is 6.16. The van der Waals surface area contributed by atoms with Gasteiger partial charge in [-0.3, -0.25) is 0 Å². The zero-order valence-electron chi connectivity index (χ0n) is 10.5. The second-order valence-corrected chi connectivity index (χ2v) is 4.13. The topological polar surface area (TPSA) is 36.3 Å². The zero-order valence-corrected chi connectivity index (χ0v) is 11.2. The number of methoxy groups -OCH3 is 2. The van der Waals surface area contributed by atoms with E-state index in [0.29, 0.717) is 28.4 Å². The largest absolute Gasteiger partial charge is 0.493 e. The molecular formula is C12H13ClF2N2O2. The van der Waals surface area contributed by atoms with E-state index in [1.165, 1.54) is 18.8 Å². The minimum atomic E-state index is -2.48. The van der Waals surface area contributed by atoms with Crippen LogP contribution in [0.2, 0.25) is 0 Å². The fourth-order valence-electron chi connectivity index (χ4n) is 1.95. The van der Waals surface area contributed by atoms with Crippen LogP contribution in [0.4, 0.5) is 8.78 Å². The number of aromatic nitrogens is 2. The first-order valence-corrected chi connectivity index (χ1v) is 6.09. The maximum Gasteiger partial charge on any atom is 0.256 e. The Morgan fingerprint density at radius 1 is 1.26 bits per heavy atom. The van der Waals surface area contributed by atoms with E-state index >= 15 is 0 Å². The number of ether oxygens (including phenoxy) is 2. The molecule has 0 N–H and O–H groups in total. The number of alkyl halides is 3. The van der Waals surface area contributed by atoms with Crippen LogP contribution in [0.3, 0.4) is 0 Å². The molecule has 2 aromatic rings. The quantitative estimate of drug-likeness (QED) is 0.794. The first-order valence-electron chi connectivity index (χ1n) is 5.56. The lowest BCUT2D eigenvalue weighted by Gasteiger charge is -2.09. The van der Waals surface area contributed by atoms with Crippen molar-refractivity contribution in [2.24, 2.45) is 0 Å². The van der Waals surface area contributed by atoms with E-state index in [4.69, 9.17) is 21.1 Å². The van der Waals surface area contributed by atoms with Gasteiger partial charge in [-0.15, -0.1) is 11.6 Å². The Labute approximate surface area is 113 Å².